The average Bonchev–Trinajstić information content (AvgIpc) is 3.09. The third-order valence-corrected chi connectivity index (χ3v) is 6.67. The first kappa shape index (κ1) is 20.8. The molecule has 0 saturated carbocycles. The summed E-state index contributed by atoms with van der Waals surface area (Å²) in [6, 6.07) is 11.1. The van der Waals surface area contributed by atoms with Gasteiger partial charge in [-0.15, -0.1) is 11.3 Å². The Kier molecular flexibility index (Phi) is 6.08. The number of thiophene rings is 1. The molecule has 1 N–H and O–H groups in total. The average molecular weight is 459 g/mol. The van der Waals surface area contributed by atoms with Crippen molar-refractivity contribution in [3.8, 4) is 0 Å². The predicted molar refractivity (Wildman–Crippen MR) is 124 cm³/mol. The summed E-state index contributed by atoms with van der Waals surface area (Å²) in [7, 11) is 0. The second-order valence-electron chi connectivity index (χ2n) is 7.06. The molecule has 0 atom stereocenters. The fourth-order valence-corrected chi connectivity index (χ4v) is 5.02. The van der Waals surface area contributed by atoms with Crippen molar-refractivity contribution < 1.29 is 4.79 Å². The SMILES string of the molecule is CC(C)NC(=O)CSc1nc2c(sc3ncccc32)c(=O)n1Cc1ccc(Cl)cc1. The minimum Gasteiger partial charge on any atom is -0.353 e. The van der Waals surface area contributed by atoms with Gasteiger partial charge in [0, 0.05) is 22.6 Å². The van der Waals surface area contributed by atoms with Crippen molar-refractivity contribution in [2.45, 2.75) is 31.6 Å². The van der Waals surface area contributed by atoms with Crippen LogP contribution in [0.3, 0.4) is 0 Å². The minimum atomic E-state index is -0.135. The summed E-state index contributed by atoms with van der Waals surface area (Å²) in [6.45, 7) is 4.16. The molecule has 1 aromatic carbocycles. The second kappa shape index (κ2) is 8.75. The number of fused-ring (bicyclic) bond motifs is 3. The number of aromatic nitrogens is 3. The van der Waals surface area contributed by atoms with E-state index in [1.54, 1.807) is 22.9 Å². The number of benzene rings is 1. The molecule has 0 radical (unpaired) electrons. The lowest BCUT2D eigenvalue weighted by molar-refractivity contribution is -0.119. The van der Waals surface area contributed by atoms with Gasteiger partial charge in [0.2, 0.25) is 5.91 Å². The molecule has 0 fully saturated rings. The van der Waals surface area contributed by atoms with Gasteiger partial charge in [-0.1, -0.05) is 35.5 Å². The van der Waals surface area contributed by atoms with E-state index in [4.69, 9.17) is 16.6 Å². The summed E-state index contributed by atoms with van der Waals surface area (Å²) in [5.41, 5.74) is 1.42. The number of hydrogen-bond donors (Lipinski definition) is 1. The molecule has 0 spiro atoms. The van der Waals surface area contributed by atoms with Crippen LogP contribution in [-0.4, -0.2) is 32.2 Å². The second-order valence-corrected chi connectivity index (χ2v) is 9.44. The Morgan fingerprint density at radius 1 is 1.27 bits per heavy atom. The van der Waals surface area contributed by atoms with Crippen LogP contribution in [0.4, 0.5) is 0 Å². The highest BCUT2D eigenvalue weighted by molar-refractivity contribution is 7.99. The molecular formula is C21H19ClN4O2S2. The highest BCUT2D eigenvalue weighted by Gasteiger charge is 2.18. The van der Waals surface area contributed by atoms with Gasteiger partial charge in [-0.05, 0) is 43.7 Å². The third-order valence-electron chi connectivity index (χ3n) is 4.35. The summed E-state index contributed by atoms with van der Waals surface area (Å²) in [4.78, 5) is 35.5. The van der Waals surface area contributed by atoms with E-state index >= 15 is 0 Å². The van der Waals surface area contributed by atoms with E-state index in [0.29, 0.717) is 26.9 Å². The standard InChI is InChI=1S/C21H19ClN4O2S2/c1-12(2)24-16(27)11-29-21-25-17-15-4-3-9-23-19(15)30-18(17)20(28)26(21)10-13-5-7-14(22)8-6-13/h3-9,12H,10-11H2,1-2H3,(H,24,27). The van der Waals surface area contributed by atoms with Gasteiger partial charge >= 0.3 is 0 Å². The molecule has 0 aliphatic rings. The molecule has 0 aliphatic carbocycles. The minimum absolute atomic E-state index is 0.0525. The predicted octanol–water partition coefficient (Wildman–Crippen LogP) is 4.32. The molecule has 3 heterocycles. The lowest BCUT2D eigenvalue weighted by Crippen LogP contribution is -2.32. The van der Waals surface area contributed by atoms with Gasteiger partial charge in [0.1, 0.15) is 9.53 Å². The van der Waals surface area contributed by atoms with Crippen LogP contribution in [0.15, 0.2) is 52.5 Å². The number of carbonyl (C=O) groups is 1. The van der Waals surface area contributed by atoms with E-state index in [1.807, 2.05) is 38.1 Å². The molecular weight excluding hydrogens is 440 g/mol. The summed E-state index contributed by atoms with van der Waals surface area (Å²) >= 11 is 8.59. The largest absolute Gasteiger partial charge is 0.353 e. The van der Waals surface area contributed by atoms with Crippen molar-refractivity contribution in [2.75, 3.05) is 5.75 Å². The number of carbonyl (C=O) groups excluding carboxylic acids is 1. The van der Waals surface area contributed by atoms with Crippen LogP contribution in [0, 0.1) is 0 Å². The monoisotopic (exact) mass is 458 g/mol. The Morgan fingerprint density at radius 3 is 2.77 bits per heavy atom. The van der Waals surface area contributed by atoms with Crippen LogP contribution in [0.2, 0.25) is 5.02 Å². The van der Waals surface area contributed by atoms with E-state index in [-0.39, 0.29) is 23.3 Å². The van der Waals surface area contributed by atoms with Crippen LogP contribution >= 0.6 is 34.7 Å². The molecule has 6 nitrogen and oxygen atoms in total. The normalized spacial score (nSPS) is 11.5. The fourth-order valence-electron chi connectivity index (χ4n) is 3.06. The zero-order valence-corrected chi connectivity index (χ0v) is 18.8. The van der Waals surface area contributed by atoms with Crippen molar-refractivity contribution in [3.05, 3.63) is 63.5 Å². The number of thioether (sulfide) groups is 1. The highest BCUT2D eigenvalue weighted by Crippen LogP contribution is 2.30. The smallest absolute Gasteiger partial charge is 0.272 e. The van der Waals surface area contributed by atoms with Crippen LogP contribution < -0.4 is 10.9 Å². The summed E-state index contributed by atoms with van der Waals surface area (Å²) < 4.78 is 2.18. The number of halogens is 1. The molecule has 4 aromatic rings. The Bertz CT molecular complexity index is 1280. The van der Waals surface area contributed by atoms with Crippen molar-refractivity contribution in [3.63, 3.8) is 0 Å². The first-order valence-corrected chi connectivity index (χ1v) is 11.5. The molecule has 4 rings (SSSR count). The zero-order valence-electron chi connectivity index (χ0n) is 16.4. The van der Waals surface area contributed by atoms with Gasteiger partial charge in [-0.3, -0.25) is 14.2 Å². The number of nitrogens with zero attached hydrogens (tertiary/aromatic N) is 3. The van der Waals surface area contributed by atoms with Crippen LogP contribution in [0.25, 0.3) is 20.4 Å². The van der Waals surface area contributed by atoms with Crippen molar-refractivity contribution >= 4 is 61.0 Å². The Hall–Kier alpha value is -2.42. The van der Waals surface area contributed by atoms with Gasteiger partial charge in [-0.25, -0.2) is 9.97 Å². The van der Waals surface area contributed by atoms with E-state index in [2.05, 4.69) is 10.3 Å². The first-order valence-electron chi connectivity index (χ1n) is 9.37. The Balaban J connectivity index is 1.80. The first-order chi connectivity index (χ1) is 14.4. The van der Waals surface area contributed by atoms with Crippen molar-refractivity contribution in [1.29, 1.82) is 0 Å². The third kappa shape index (κ3) is 4.35. The van der Waals surface area contributed by atoms with Crippen LogP contribution in [-0.2, 0) is 11.3 Å². The molecule has 3 aromatic heterocycles. The number of nitrogens with one attached hydrogen (secondary N) is 1. The van der Waals surface area contributed by atoms with Gasteiger partial charge in [0.25, 0.3) is 5.56 Å². The molecule has 1 amide bonds. The molecule has 154 valence electrons. The van der Waals surface area contributed by atoms with Gasteiger partial charge in [-0.2, -0.15) is 0 Å². The zero-order chi connectivity index (χ0) is 21.3. The number of amides is 1. The fraction of sp³-hybridized carbons (Fsp3) is 0.238. The highest BCUT2D eigenvalue weighted by atomic mass is 35.5. The van der Waals surface area contributed by atoms with Gasteiger partial charge in [0.15, 0.2) is 5.16 Å². The molecule has 0 aliphatic heterocycles. The molecule has 0 bridgehead atoms. The number of pyridine rings is 1. The molecule has 0 unspecified atom stereocenters. The van der Waals surface area contributed by atoms with E-state index in [1.165, 1.54) is 23.1 Å². The number of rotatable bonds is 6. The Labute approximate surface area is 186 Å². The lowest BCUT2D eigenvalue weighted by Gasteiger charge is -2.13. The van der Waals surface area contributed by atoms with Gasteiger partial charge in [0.05, 0.1) is 17.8 Å². The molecule has 9 heteroatoms. The summed E-state index contributed by atoms with van der Waals surface area (Å²) in [5.74, 6) is 0.0797. The van der Waals surface area contributed by atoms with Crippen LogP contribution in [0.5, 0.6) is 0 Å². The van der Waals surface area contributed by atoms with Crippen molar-refractivity contribution in [1.82, 2.24) is 19.9 Å². The molecule has 0 saturated heterocycles. The summed E-state index contributed by atoms with van der Waals surface area (Å²) in [5, 5.41) is 4.86. The quantitative estimate of drug-likeness (QED) is 0.344. The van der Waals surface area contributed by atoms with Gasteiger partial charge < -0.3 is 5.32 Å². The lowest BCUT2D eigenvalue weighted by atomic mass is 10.2. The molecule has 30 heavy (non-hydrogen) atoms. The van der Waals surface area contributed by atoms with E-state index < -0.39 is 0 Å². The van der Waals surface area contributed by atoms with Crippen molar-refractivity contribution in [2.24, 2.45) is 0 Å². The topological polar surface area (TPSA) is 76.9 Å². The summed E-state index contributed by atoms with van der Waals surface area (Å²) in [6.07, 6.45) is 1.70. The number of hydrogen-bond acceptors (Lipinski definition) is 6. The maximum Gasteiger partial charge on any atom is 0.272 e. The Morgan fingerprint density at radius 2 is 2.03 bits per heavy atom. The van der Waals surface area contributed by atoms with E-state index in [0.717, 1.165) is 15.8 Å². The maximum atomic E-state index is 13.4. The van der Waals surface area contributed by atoms with Crippen LogP contribution in [0.1, 0.15) is 19.4 Å². The maximum absolute atomic E-state index is 13.4. The van der Waals surface area contributed by atoms with E-state index in [9.17, 15) is 9.59 Å².